The molecule has 0 spiro atoms. The zero-order valence-corrected chi connectivity index (χ0v) is 12.2. The molecular weight excluding hydrogens is 307 g/mol. The van der Waals surface area contributed by atoms with Gasteiger partial charge in [0.1, 0.15) is 5.82 Å². The summed E-state index contributed by atoms with van der Waals surface area (Å²) in [5, 5.41) is 0. The molecule has 0 unspecified atom stereocenters. The zero-order valence-electron chi connectivity index (χ0n) is 10.6. The number of halogens is 2. The fourth-order valence-corrected chi connectivity index (χ4v) is 2.32. The normalized spacial score (nSPS) is 10.5. The standard InChI is InChI=1S/C16H14BrFO/c1-2-4-11-5-3-6-12(9-11)16(19)14-8-7-13(17)10-15(14)18/h3,5-10H,2,4H2,1H3. The number of ketones is 1. The van der Waals surface area contributed by atoms with Gasteiger partial charge in [0.25, 0.3) is 0 Å². The van der Waals surface area contributed by atoms with E-state index in [4.69, 9.17) is 0 Å². The van der Waals surface area contributed by atoms with E-state index in [-0.39, 0.29) is 11.3 Å². The van der Waals surface area contributed by atoms with Gasteiger partial charge in [0.2, 0.25) is 0 Å². The molecule has 98 valence electrons. The van der Waals surface area contributed by atoms with Crippen LogP contribution in [0.4, 0.5) is 4.39 Å². The monoisotopic (exact) mass is 320 g/mol. The van der Waals surface area contributed by atoms with Crippen molar-refractivity contribution in [1.29, 1.82) is 0 Å². The number of hydrogen-bond acceptors (Lipinski definition) is 1. The van der Waals surface area contributed by atoms with E-state index in [2.05, 4.69) is 22.9 Å². The molecule has 0 aromatic heterocycles. The van der Waals surface area contributed by atoms with Crippen LogP contribution in [0, 0.1) is 5.82 Å². The van der Waals surface area contributed by atoms with E-state index in [0.717, 1.165) is 18.4 Å². The highest BCUT2D eigenvalue weighted by Crippen LogP contribution is 2.19. The predicted octanol–water partition coefficient (Wildman–Crippen LogP) is 4.77. The van der Waals surface area contributed by atoms with Crippen LogP contribution in [-0.4, -0.2) is 5.78 Å². The van der Waals surface area contributed by atoms with Crippen LogP contribution in [0.25, 0.3) is 0 Å². The Kier molecular flexibility index (Phi) is 4.48. The Bertz CT molecular complexity index is 607. The second kappa shape index (κ2) is 6.11. The molecule has 0 saturated carbocycles. The summed E-state index contributed by atoms with van der Waals surface area (Å²) in [6, 6.07) is 11.9. The lowest BCUT2D eigenvalue weighted by Crippen LogP contribution is -2.04. The molecule has 2 aromatic rings. The van der Waals surface area contributed by atoms with Gasteiger partial charge in [-0.3, -0.25) is 4.79 Å². The van der Waals surface area contributed by atoms with E-state index in [1.54, 1.807) is 12.1 Å². The van der Waals surface area contributed by atoms with Crippen molar-refractivity contribution in [3.8, 4) is 0 Å². The van der Waals surface area contributed by atoms with Crippen LogP contribution in [0.5, 0.6) is 0 Å². The summed E-state index contributed by atoms with van der Waals surface area (Å²) in [6.07, 6.45) is 1.94. The van der Waals surface area contributed by atoms with Gasteiger partial charge in [-0.1, -0.05) is 47.5 Å². The molecule has 0 atom stereocenters. The summed E-state index contributed by atoms with van der Waals surface area (Å²) in [5.74, 6) is -0.775. The lowest BCUT2D eigenvalue weighted by atomic mass is 9.99. The number of rotatable bonds is 4. The minimum atomic E-state index is -0.500. The molecule has 0 aliphatic carbocycles. The number of carbonyl (C=O) groups excluding carboxylic acids is 1. The molecule has 1 nitrogen and oxygen atoms in total. The summed E-state index contributed by atoms with van der Waals surface area (Å²) >= 11 is 3.18. The van der Waals surface area contributed by atoms with Crippen molar-refractivity contribution >= 4 is 21.7 Å². The lowest BCUT2D eigenvalue weighted by Gasteiger charge is -2.05. The Balaban J connectivity index is 2.35. The Labute approximate surface area is 120 Å². The van der Waals surface area contributed by atoms with Crippen LogP contribution in [0.3, 0.4) is 0 Å². The predicted molar refractivity (Wildman–Crippen MR) is 78.0 cm³/mol. The summed E-state index contributed by atoms with van der Waals surface area (Å²) in [4.78, 5) is 12.3. The topological polar surface area (TPSA) is 17.1 Å². The SMILES string of the molecule is CCCc1cccc(C(=O)c2ccc(Br)cc2F)c1. The molecule has 0 heterocycles. The highest BCUT2D eigenvalue weighted by atomic mass is 79.9. The summed E-state index contributed by atoms with van der Waals surface area (Å²) < 4.78 is 14.4. The molecule has 0 fully saturated rings. The molecule has 0 radical (unpaired) electrons. The molecule has 19 heavy (non-hydrogen) atoms. The van der Waals surface area contributed by atoms with Gasteiger partial charge in [-0.2, -0.15) is 0 Å². The quantitative estimate of drug-likeness (QED) is 0.741. The van der Waals surface area contributed by atoms with E-state index in [1.165, 1.54) is 12.1 Å². The molecule has 0 N–H and O–H groups in total. The Morgan fingerprint density at radius 2 is 2.00 bits per heavy atom. The van der Waals surface area contributed by atoms with Gasteiger partial charge in [0.15, 0.2) is 5.78 Å². The molecule has 2 aromatic carbocycles. The Morgan fingerprint density at radius 1 is 1.21 bits per heavy atom. The van der Waals surface area contributed by atoms with Gasteiger partial charge in [0.05, 0.1) is 5.56 Å². The Morgan fingerprint density at radius 3 is 2.68 bits per heavy atom. The molecular formula is C16H14BrFO. The first-order chi connectivity index (χ1) is 9.11. The number of carbonyl (C=O) groups is 1. The zero-order chi connectivity index (χ0) is 13.8. The third-order valence-electron chi connectivity index (χ3n) is 2.90. The minimum absolute atomic E-state index is 0.108. The van der Waals surface area contributed by atoms with Crippen LogP contribution >= 0.6 is 15.9 Å². The van der Waals surface area contributed by atoms with Crippen molar-refractivity contribution in [3.63, 3.8) is 0 Å². The third-order valence-corrected chi connectivity index (χ3v) is 3.40. The first kappa shape index (κ1) is 13.9. The van der Waals surface area contributed by atoms with Crippen molar-refractivity contribution < 1.29 is 9.18 Å². The number of benzene rings is 2. The molecule has 0 aliphatic rings. The van der Waals surface area contributed by atoms with Gasteiger partial charge in [0, 0.05) is 10.0 Å². The molecule has 0 amide bonds. The second-order valence-corrected chi connectivity index (χ2v) is 5.32. The Hall–Kier alpha value is -1.48. The van der Waals surface area contributed by atoms with Crippen molar-refractivity contribution in [2.75, 3.05) is 0 Å². The molecule has 0 aliphatic heterocycles. The van der Waals surface area contributed by atoms with Crippen molar-refractivity contribution in [2.45, 2.75) is 19.8 Å². The maximum Gasteiger partial charge on any atom is 0.195 e. The highest BCUT2D eigenvalue weighted by Gasteiger charge is 2.14. The van der Waals surface area contributed by atoms with Crippen LogP contribution in [0.1, 0.15) is 34.8 Å². The fourth-order valence-electron chi connectivity index (χ4n) is 1.99. The van der Waals surface area contributed by atoms with E-state index in [9.17, 15) is 9.18 Å². The van der Waals surface area contributed by atoms with Gasteiger partial charge < -0.3 is 0 Å². The lowest BCUT2D eigenvalue weighted by molar-refractivity contribution is 0.103. The van der Waals surface area contributed by atoms with E-state index in [1.807, 2.05) is 18.2 Å². The van der Waals surface area contributed by atoms with Gasteiger partial charge in [-0.25, -0.2) is 4.39 Å². The largest absolute Gasteiger partial charge is 0.288 e. The minimum Gasteiger partial charge on any atom is -0.288 e. The average molecular weight is 321 g/mol. The van der Waals surface area contributed by atoms with Crippen molar-refractivity contribution in [3.05, 3.63) is 69.4 Å². The molecule has 2 rings (SSSR count). The van der Waals surface area contributed by atoms with Gasteiger partial charge in [-0.05, 0) is 36.2 Å². The van der Waals surface area contributed by atoms with Crippen LogP contribution < -0.4 is 0 Å². The number of hydrogen-bond donors (Lipinski definition) is 0. The van der Waals surface area contributed by atoms with E-state index >= 15 is 0 Å². The van der Waals surface area contributed by atoms with Crippen LogP contribution in [-0.2, 0) is 6.42 Å². The summed E-state index contributed by atoms with van der Waals surface area (Å²) in [6.45, 7) is 2.09. The number of aryl methyl sites for hydroxylation is 1. The molecule has 3 heteroatoms. The summed E-state index contributed by atoms with van der Waals surface area (Å²) in [7, 11) is 0. The van der Waals surface area contributed by atoms with E-state index in [0.29, 0.717) is 10.0 Å². The third kappa shape index (κ3) is 3.29. The van der Waals surface area contributed by atoms with Crippen LogP contribution in [0.15, 0.2) is 46.9 Å². The molecule has 0 bridgehead atoms. The maximum atomic E-state index is 13.8. The van der Waals surface area contributed by atoms with E-state index < -0.39 is 5.82 Å². The van der Waals surface area contributed by atoms with Gasteiger partial charge >= 0.3 is 0 Å². The first-order valence-corrected chi connectivity index (χ1v) is 7.00. The summed E-state index contributed by atoms with van der Waals surface area (Å²) in [5.41, 5.74) is 1.75. The van der Waals surface area contributed by atoms with Crippen molar-refractivity contribution in [2.24, 2.45) is 0 Å². The van der Waals surface area contributed by atoms with Crippen LogP contribution in [0.2, 0.25) is 0 Å². The second-order valence-electron chi connectivity index (χ2n) is 4.40. The fraction of sp³-hybridized carbons (Fsp3) is 0.188. The first-order valence-electron chi connectivity index (χ1n) is 6.20. The smallest absolute Gasteiger partial charge is 0.195 e. The van der Waals surface area contributed by atoms with Crippen molar-refractivity contribution in [1.82, 2.24) is 0 Å². The van der Waals surface area contributed by atoms with Gasteiger partial charge in [-0.15, -0.1) is 0 Å². The average Bonchev–Trinajstić information content (AvgIpc) is 2.39. The maximum absolute atomic E-state index is 13.8. The highest BCUT2D eigenvalue weighted by molar-refractivity contribution is 9.10. The molecule has 0 saturated heterocycles.